The highest BCUT2D eigenvalue weighted by Crippen LogP contribution is 2.34. The van der Waals surface area contributed by atoms with Crippen molar-refractivity contribution in [2.75, 3.05) is 0 Å². The fourth-order valence-electron chi connectivity index (χ4n) is 1.78. The lowest BCUT2D eigenvalue weighted by molar-refractivity contribution is -0.137. The van der Waals surface area contributed by atoms with Gasteiger partial charge in [-0.25, -0.2) is 0 Å². The van der Waals surface area contributed by atoms with Gasteiger partial charge in [0.25, 0.3) is 0 Å². The van der Waals surface area contributed by atoms with Crippen molar-refractivity contribution in [2.24, 2.45) is 0 Å². The van der Waals surface area contributed by atoms with Crippen molar-refractivity contribution in [1.29, 1.82) is 0 Å². The molecule has 0 heterocycles. The first-order chi connectivity index (χ1) is 8.39. The zero-order chi connectivity index (χ0) is 13.3. The second-order valence-corrected chi connectivity index (χ2v) is 4.40. The molecule has 2 aromatic rings. The van der Waals surface area contributed by atoms with Crippen LogP contribution in [0.15, 0.2) is 42.5 Å². The Balaban J connectivity index is 2.55. The monoisotopic (exact) mass is 270 g/mol. The molecule has 0 saturated heterocycles. The van der Waals surface area contributed by atoms with Crippen molar-refractivity contribution >= 4 is 11.6 Å². The largest absolute Gasteiger partial charge is 0.416 e. The molecule has 94 valence electrons. The molecule has 0 fully saturated rings. The molecule has 0 amide bonds. The molecule has 18 heavy (non-hydrogen) atoms. The van der Waals surface area contributed by atoms with Crippen LogP contribution < -0.4 is 0 Å². The van der Waals surface area contributed by atoms with Gasteiger partial charge in [-0.2, -0.15) is 13.2 Å². The topological polar surface area (TPSA) is 0 Å². The normalized spacial score (nSPS) is 11.6. The summed E-state index contributed by atoms with van der Waals surface area (Å²) < 4.78 is 37.9. The van der Waals surface area contributed by atoms with Crippen molar-refractivity contribution in [2.45, 2.75) is 13.1 Å². The molecule has 0 saturated carbocycles. The number of benzene rings is 2. The average Bonchev–Trinajstić information content (AvgIpc) is 2.32. The molecule has 0 aliphatic heterocycles. The molecular formula is C14H10ClF3. The first-order valence-corrected chi connectivity index (χ1v) is 5.70. The van der Waals surface area contributed by atoms with Crippen molar-refractivity contribution in [1.82, 2.24) is 0 Å². The molecule has 0 aliphatic carbocycles. The number of rotatable bonds is 1. The van der Waals surface area contributed by atoms with Gasteiger partial charge >= 0.3 is 6.18 Å². The fourth-order valence-corrected chi connectivity index (χ4v) is 1.96. The zero-order valence-electron chi connectivity index (χ0n) is 9.55. The third-order valence-corrected chi connectivity index (χ3v) is 3.18. The average molecular weight is 271 g/mol. The third-order valence-electron chi connectivity index (χ3n) is 2.77. The SMILES string of the molecule is Cc1c(Cl)cccc1-c1cccc(C(F)(F)F)c1. The Bertz CT molecular complexity index is 573. The van der Waals surface area contributed by atoms with E-state index in [1.807, 2.05) is 0 Å². The van der Waals surface area contributed by atoms with Gasteiger partial charge in [0.15, 0.2) is 0 Å². The van der Waals surface area contributed by atoms with Crippen LogP contribution in [0, 0.1) is 6.92 Å². The molecule has 0 bridgehead atoms. The summed E-state index contributed by atoms with van der Waals surface area (Å²) in [6.45, 7) is 1.79. The predicted molar refractivity (Wildman–Crippen MR) is 66.6 cm³/mol. The van der Waals surface area contributed by atoms with Crippen LogP contribution in [0.4, 0.5) is 13.2 Å². The van der Waals surface area contributed by atoms with Gasteiger partial charge in [-0.15, -0.1) is 0 Å². The third kappa shape index (κ3) is 2.51. The summed E-state index contributed by atoms with van der Waals surface area (Å²) in [6.07, 6.45) is -4.33. The molecular weight excluding hydrogens is 261 g/mol. The van der Waals surface area contributed by atoms with E-state index in [9.17, 15) is 13.2 Å². The van der Waals surface area contributed by atoms with E-state index in [1.54, 1.807) is 31.2 Å². The Labute approximate surface area is 108 Å². The zero-order valence-corrected chi connectivity index (χ0v) is 10.3. The lowest BCUT2D eigenvalue weighted by Gasteiger charge is -2.11. The van der Waals surface area contributed by atoms with Crippen LogP contribution in [0.1, 0.15) is 11.1 Å². The molecule has 0 nitrogen and oxygen atoms in total. The van der Waals surface area contributed by atoms with Crippen LogP contribution in [0.5, 0.6) is 0 Å². The van der Waals surface area contributed by atoms with Crippen LogP contribution in [-0.4, -0.2) is 0 Å². The first kappa shape index (κ1) is 13.0. The standard InChI is InChI=1S/C14H10ClF3/c1-9-12(6-3-7-13(9)15)10-4-2-5-11(8-10)14(16,17)18/h2-8H,1H3. The molecule has 0 N–H and O–H groups in total. The van der Waals surface area contributed by atoms with Crippen molar-refractivity contribution < 1.29 is 13.2 Å². The smallest absolute Gasteiger partial charge is 0.166 e. The van der Waals surface area contributed by atoms with E-state index in [1.165, 1.54) is 6.07 Å². The van der Waals surface area contributed by atoms with Crippen molar-refractivity contribution in [3.05, 3.63) is 58.6 Å². The van der Waals surface area contributed by atoms with Crippen LogP contribution in [-0.2, 0) is 6.18 Å². The Morgan fingerprint density at radius 2 is 1.67 bits per heavy atom. The summed E-state index contributed by atoms with van der Waals surface area (Å²) in [5, 5.41) is 0.546. The van der Waals surface area contributed by atoms with Gasteiger partial charge in [0, 0.05) is 5.02 Å². The summed E-state index contributed by atoms with van der Waals surface area (Å²) in [4.78, 5) is 0. The predicted octanol–water partition coefficient (Wildman–Crippen LogP) is 5.33. The summed E-state index contributed by atoms with van der Waals surface area (Å²) >= 11 is 5.97. The number of halogens is 4. The number of hydrogen-bond acceptors (Lipinski definition) is 0. The maximum Gasteiger partial charge on any atom is 0.416 e. The minimum absolute atomic E-state index is 0.518. The van der Waals surface area contributed by atoms with Gasteiger partial charge < -0.3 is 0 Å². The quantitative estimate of drug-likeness (QED) is 0.657. The van der Waals surface area contributed by atoms with Crippen LogP contribution in [0.2, 0.25) is 5.02 Å². The van der Waals surface area contributed by atoms with E-state index in [-0.39, 0.29) is 0 Å². The van der Waals surface area contributed by atoms with Crippen molar-refractivity contribution in [3.63, 3.8) is 0 Å². The molecule has 0 aromatic heterocycles. The summed E-state index contributed by atoms with van der Waals surface area (Å²) in [5.41, 5.74) is 1.36. The minimum Gasteiger partial charge on any atom is -0.166 e. The Morgan fingerprint density at radius 1 is 1.00 bits per heavy atom. The van der Waals surface area contributed by atoms with E-state index in [4.69, 9.17) is 11.6 Å². The van der Waals surface area contributed by atoms with Gasteiger partial charge in [0.1, 0.15) is 0 Å². The van der Waals surface area contributed by atoms with Gasteiger partial charge in [0.2, 0.25) is 0 Å². The van der Waals surface area contributed by atoms with Gasteiger partial charge in [-0.05, 0) is 41.8 Å². The summed E-state index contributed by atoms with van der Waals surface area (Å²) in [7, 11) is 0. The maximum atomic E-state index is 12.6. The molecule has 0 atom stereocenters. The molecule has 0 radical (unpaired) electrons. The second-order valence-electron chi connectivity index (χ2n) is 3.99. The van der Waals surface area contributed by atoms with E-state index < -0.39 is 11.7 Å². The first-order valence-electron chi connectivity index (χ1n) is 5.32. The van der Waals surface area contributed by atoms with Crippen molar-refractivity contribution in [3.8, 4) is 11.1 Å². The Morgan fingerprint density at radius 3 is 2.33 bits per heavy atom. The Hall–Kier alpha value is -1.48. The maximum absolute atomic E-state index is 12.6. The molecule has 0 aliphatic rings. The van der Waals surface area contributed by atoms with Crippen LogP contribution in [0.3, 0.4) is 0 Å². The highest BCUT2D eigenvalue weighted by atomic mass is 35.5. The minimum atomic E-state index is -4.33. The molecule has 0 unspecified atom stereocenters. The Kier molecular flexibility index (Phi) is 3.35. The van der Waals surface area contributed by atoms with Crippen LogP contribution >= 0.6 is 11.6 Å². The summed E-state index contributed by atoms with van der Waals surface area (Å²) in [5.74, 6) is 0. The van der Waals surface area contributed by atoms with Gasteiger partial charge in [0.05, 0.1) is 5.56 Å². The van der Waals surface area contributed by atoms with E-state index >= 15 is 0 Å². The lowest BCUT2D eigenvalue weighted by atomic mass is 9.99. The number of hydrogen-bond donors (Lipinski definition) is 0. The number of alkyl halides is 3. The van der Waals surface area contributed by atoms with E-state index in [0.717, 1.165) is 17.7 Å². The lowest BCUT2D eigenvalue weighted by Crippen LogP contribution is -2.04. The van der Waals surface area contributed by atoms with E-state index in [0.29, 0.717) is 16.1 Å². The van der Waals surface area contributed by atoms with Gasteiger partial charge in [-0.1, -0.05) is 35.9 Å². The molecule has 2 rings (SSSR count). The second kappa shape index (κ2) is 4.65. The van der Waals surface area contributed by atoms with Crippen LogP contribution in [0.25, 0.3) is 11.1 Å². The molecule has 4 heteroatoms. The highest BCUT2D eigenvalue weighted by Gasteiger charge is 2.30. The fraction of sp³-hybridized carbons (Fsp3) is 0.143. The summed E-state index contributed by atoms with van der Waals surface area (Å²) in [6, 6.07) is 10.4. The van der Waals surface area contributed by atoms with E-state index in [2.05, 4.69) is 0 Å². The molecule has 2 aromatic carbocycles. The van der Waals surface area contributed by atoms with Gasteiger partial charge in [-0.3, -0.25) is 0 Å². The highest BCUT2D eigenvalue weighted by molar-refractivity contribution is 6.31. The molecule has 0 spiro atoms.